The highest BCUT2D eigenvalue weighted by Gasteiger charge is 2.15. The van der Waals surface area contributed by atoms with E-state index >= 15 is 0 Å². The van der Waals surface area contributed by atoms with E-state index in [4.69, 9.17) is 4.74 Å². The van der Waals surface area contributed by atoms with Gasteiger partial charge in [-0.1, -0.05) is 32.9 Å². The van der Waals surface area contributed by atoms with Gasteiger partial charge in [0.05, 0.1) is 13.2 Å². The topological polar surface area (TPSA) is 33.3 Å². The molecule has 1 aromatic carbocycles. The fourth-order valence-corrected chi connectivity index (χ4v) is 2.31. The third kappa shape index (κ3) is 3.95. The molecule has 0 bridgehead atoms. The number of ether oxygens (including phenoxy) is 1. The zero-order valence-corrected chi connectivity index (χ0v) is 12.5. The van der Waals surface area contributed by atoms with Gasteiger partial charge in [0, 0.05) is 24.8 Å². The van der Waals surface area contributed by atoms with Crippen LogP contribution in [0.25, 0.3) is 0 Å². The summed E-state index contributed by atoms with van der Waals surface area (Å²) in [4.78, 5) is 0. The van der Waals surface area contributed by atoms with Crippen LogP contribution in [0.5, 0.6) is 0 Å². The number of hydrogen-bond acceptors (Lipinski definition) is 3. The maximum atomic E-state index is 5.46. The maximum Gasteiger partial charge on any atom is 0.0637 e. The predicted octanol–water partition coefficient (Wildman–Crippen LogP) is 2.69. The highest BCUT2D eigenvalue weighted by atomic mass is 16.5. The molecule has 19 heavy (non-hydrogen) atoms. The van der Waals surface area contributed by atoms with Crippen molar-refractivity contribution >= 4 is 5.69 Å². The van der Waals surface area contributed by atoms with Crippen molar-refractivity contribution < 1.29 is 4.74 Å². The van der Waals surface area contributed by atoms with Crippen LogP contribution in [0.1, 0.15) is 31.9 Å². The molecule has 0 amide bonds. The summed E-state index contributed by atoms with van der Waals surface area (Å²) in [5.74, 6) is 0. The largest absolute Gasteiger partial charge is 0.383 e. The molecular formula is C16H26N2O. The van der Waals surface area contributed by atoms with Gasteiger partial charge in [0.25, 0.3) is 0 Å². The highest BCUT2D eigenvalue weighted by Crippen LogP contribution is 2.26. The van der Waals surface area contributed by atoms with E-state index in [9.17, 15) is 0 Å². The molecule has 3 heteroatoms. The van der Waals surface area contributed by atoms with Gasteiger partial charge < -0.3 is 15.4 Å². The first-order valence-electron chi connectivity index (χ1n) is 7.13. The molecule has 0 saturated carbocycles. The Hall–Kier alpha value is -1.06. The second kappa shape index (κ2) is 5.93. The van der Waals surface area contributed by atoms with Gasteiger partial charge in [-0.2, -0.15) is 0 Å². The third-order valence-electron chi connectivity index (χ3n) is 3.63. The minimum absolute atomic E-state index is 0.210. The fraction of sp³-hybridized carbons (Fsp3) is 0.625. The quantitative estimate of drug-likeness (QED) is 0.878. The lowest BCUT2D eigenvalue weighted by atomic mass is 9.86. The van der Waals surface area contributed by atoms with E-state index in [2.05, 4.69) is 56.5 Å². The first-order valence-corrected chi connectivity index (χ1v) is 7.13. The summed E-state index contributed by atoms with van der Waals surface area (Å²) in [6, 6.07) is 7.11. The molecule has 1 saturated heterocycles. The van der Waals surface area contributed by atoms with Crippen LogP contribution in [0.15, 0.2) is 18.2 Å². The minimum Gasteiger partial charge on any atom is -0.383 e. The molecule has 0 aromatic heterocycles. The summed E-state index contributed by atoms with van der Waals surface area (Å²) < 4.78 is 5.46. The Kier molecular flexibility index (Phi) is 4.48. The van der Waals surface area contributed by atoms with Crippen molar-refractivity contribution in [2.24, 2.45) is 0 Å². The van der Waals surface area contributed by atoms with Crippen LogP contribution in [-0.4, -0.2) is 32.3 Å². The molecular weight excluding hydrogens is 236 g/mol. The molecule has 0 radical (unpaired) electrons. The number of hydrogen-bond donors (Lipinski definition) is 2. The van der Waals surface area contributed by atoms with E-state index in [1.165, 1.54) is 16.8 Å². The van der Waals surface area contributed by atoms with Crippen LogP contribution < -0.4 is 10.6 Å². The van der Waals surface area contributed by atoms with Gasteiger partial charge >= 0.3 is 0 Å². The smallest absolute Gasteiger partial charge is 0.0637 e. The van der Waals surface area contributed by atoms with Gasteiger partial charge in [-0.3, -0.25) is 0 Å². The van der Waals surface area contributed by atoms with Crippen molar-refractivity contribution in [1.82, 2.24) is 5.32 Å². The molecule has 0 spiro atoms. The third-order valence-corrected chi connectivity index (χ3v) is 3.63. The van der Waals surface area contributed by atoms with Crippen molar-refractivity contribution in [2.45, 2.75) is 39.2 Å². The Bertz CT molecular complexity index is 417. The maximum absolute atomic E-state index is 5.46. The van der Waals surface area contributed by atoms with Gasteiger partial charge in [-0.05, 0) is 29.5 Å². The van der Waals surface area contributed by atoms with Crippen molar-refractivity contribution in [3.05, 3.63) is 29.3 Å². The molecule has 1 unspecified atom stereocenters. The highest BCUT2D eigenvalue weighted by molar-refractivity contribution is 5.53. The lowest BCUT2D eigenvalue weighted by Gasteiger charge is -2.25. The van der Waals surface area contributed by atoms with Gasteiger partial charge in [-0.25, -0.2) is 0 Å². The normalized spacial score (nSPS) is 20.3. The Balaban J connectivity index is 1.97. The van der Waals surface area contributed by atoms with E-state index in [0.717, 1.165) is 26.3 Å². The molecule has 0 aliphatic carbocycles. The summed E-state index contributed by atoms with van der Waals surface area (Å²) in [7, 11) is 0. The van der Waals surface area contributed by atoms with E-state index in [1.54, 1.807) is 0 Å². The molecule has 1 aliphatic rings. The van der Waals surface area contributed by atoms with E-state index in [1.807, 2.05) is 0 Å². The van der Waals surface area contributed by atoms with Gasteiger partial charge in [0.1, 0.15) is 0 Å². The van der Waals surface area contributed by atoms with Gasteiger partial charge in [-0.15, -0.1) is 0 Å². The molecule has 106 valence electrons. The summed E-state index contributed by atoms with van der Waals surface area (Å²) in [5, 5.41) is 6.98. The number of aryl methyl sites for hydroxylation is 1. The van der Waals surface area contributed by atoms with Crippen molar-refractivity contribution in [2.75, 3.05) is 31.6 Å². The van der Waals surface area contributed by atoms with Gasteiger partial charge in [0.2, 0.25) is 0 Å². The Morgan fingerprint density at radius 2 is 2.16 bits per heavy atom. The molecule has 2 N–H and O–H groups in total. The number of morpholine rings is 1. The summed E-state index contributed by atoms with van der Waals surface area (Å²) in [6.07, 6.45) is 0. The van der Waals surface area contributed by atoms with E-state index < -0.39 is 0 Å². The zero-order valence-electron chi connectivity index (χ0n) is 12.5. The lowest BCUT2D eigenvalue weighted by Crippen LogP contribution is -2.45. The minimum atomic E-state index is 0.210. The molecule has 1 aliphatic heterocycles. The Morgan fingerprint density at radius 3 is 2.74 bits per heavy atom. The standard InChI is InChI=1S/C16H26N2O/c1-12-9-13(16(2,3)4)5-6-15(12)18-10-14-11-19-8-7-17-14/h5-6,9,14,17-18H,7-8,10-11H2,1-4H3. The molecule has 2 rings (SSSR count). The van der Waals surface area contributed by atoms with Crippen LogP contribution >= 0.6 is 0 Å². The zero-order chi connectivity index (χ0) is 13.9. The number of anilines is 1. The summed E-state index contributed by atoms with van der Waals surface area (Å²) in [5.41, 5.74) is 4.13. The molecule has 1 aromatic rings. The Morgan fingerprint density at radius 1 is 1.37 bits per heavy atom. The average Bonchev–Trinajstić information content (AvgIpc) is 2.37. The van der Waals surface area contributed by atoms with Crippen LogP contribution in [0.2, 0.25) is 0 Å². The first-order chi connectivity index (χ1) is 8.97. The predicted molar refractivity (Wildman–Crippen MR) is 81.0 cm³/mol. The second-order valence-corrected chi connectivity index (χ2v) is 6.39. The number of benzene rings is 1. The Labute approximate surface area is 116 Å². The van der Waals surface area contributed by atoms with Gasteiger partial charge in [0.15, 0.2) is 0 Å². The van der Waals surface area contributed by atoms with Crippen LogP contribution in [0.3, 0.4) is 0 Å². The molecule has 1 fully saturated rings. The number of nitrogens with one attached hydrogen (secondary N) is 2. The molecule has 3 nitrogen and oxygen atoms in total. The van der Waals surface area contributed by atoms with Crippen molar-refractivity contribution in [3.8, 4) is 0 Å². The first kappa shape index (κ1) is 14.4. The van der Waals surface area contributed by atoms with Crippen LogP contribution in [-0.2, 0) is 10.2 Å². The molecule has 1 heterocycles. The van der Waals surface area contributed by atoms with Crippen molar-refractivity contribution in [3.63, 3.8) is 0 Å². The monoisotopic (exact) mass is 262 g/mol. The summed E-state index contributed by atoms with van der Waals surface area (Å²) >= 11 is 0. The number of rotatable bonds is 3. The SMILES string of the molecule is Cc1cc(C(C)(C)C)ccc1NCC1COCCN1. The van der Waals surface area contributed by atoms with E-state index in [-0.39, 0.29) is 5.41 Å². The molecule has 1 atom stereocenters. The van der Waals surface area contributed by atoms with Crippen LogP contribution in [0, 0.1) is 6.92 Å². The summed E-state index contributed by atoms with van der Waals surface area (Å²) in [6.45, 7) is 12.4. The van der Waals surface area contributed by atoms with E-state index in [0.29, 0.717) is 6.04 Å². The van der Waals surface area contributed by atoms with Crippen LogP contribution in [0.4, 0.5) is 5.69 Å². The average molecular weight is 262 g/mol. The van der Waals surface area contributed by atoms with Crippen molar-refractivity contribution in [1.29, 1.82) is 0 Å². The lowest BCUT2D eigenvalue weighted by molar-refractivity contribution is 0.0806. The second-order valence-electron chi connectivity index (χ2n) is 6.39. The fourth-order valence-electron chi connectivity index (χ4n) is 2.31.